The second kappa shape index (κ2) is 11.0. The van der Waals surface area contributed by atoms with Crippen LogP contribution in [0.5, 0.6) is 0 Å². The van der Waals surface area contributed by atoms with E-state index < -0.39 is 23.5 Å². The lowest BCUT2D eigenvalue weighted by molar-refractivity contribution is -0.137. The monoisotopic (exact) mass is 568 g/mol. The number of nitrogens with one attached hydrogen (secondary N) is 1. The number of benzene rings is 1. The Hall–Kier alpha value is -4.77. The number of nitriles is 1. The molecule has 1 aliphatic rings. The van der Waals surface area contributed by atoms with E-state index in [9.17, 15) is 23.2 Å². The number of anilines is 2. The molecule has 5 rings (SSSR count). The smallest absolute Gasteiger partial charge is 0.382 e. The van der Waals surface area contributed by atoms with Gasteiger partial charge in [-0.25, -0.2) is 19.3 Å². The number of nitrogen functional groups attached to an aromatic ring is 1. The highest BCUT2D eigenvalue weighted by Gasteiger charge is 2.31. The first-order valence-electron chi connectivity index (χ1n) is 12.5. The van der Waals surface area contributed by atoms with Crippen molar-refractivity contribution in [2.45, 2.75) is 31.5 Å². The van der Waals surface area contributed by atoms with Gasteiger partial charge in [0.2, 0.25) is 0 Å². The summed E-state index contributed by atoms with van der Waals surface area (Å²) in [5.74, 6) is -1.46. The zero-order valence-corrected chi connectivity index (χ0v) is 21.7. The molecule has 3 aromatic heterocycles. The van der Waals surface area contributed by atoms with Crippen LogP contribution in [-0.2, 0) is 17.5 Å². The summed E-state index contributed by atoms with van der Waals surface area (Å²) in [6.07, 6.45) is 1.54. The molecule has 0 unspecified atom stereocenters. The number of hydrogen-bond acceptors (Lipinski definition) is 8. The molecule has 1 atom stereocenters. The predicted molar refractivity (Wildman–Crippen MR) is 140 cm³/mol. The van der Waals surface area contributed by atoms with Crippen LogP contribution in [0.4, 0.5) is 29.2 Å². The van der Waals surface area contributed by atoms with E-state index in [1.165, 1.54) is 19.2 Å². The van der Waals surface area contributed by atoms with E-state index in [0.717, 1.165) is 31.2 Å². The fourth-order valence-electron chi connectivity index (χ4n) is 4.93. The van der Waals surface area contributed by atoms with Crippen molar-refractivity contribution in [2.24, 2.45) is 0 Å². The van der Waals surface area contributed by atoms with Gasteiger partial charge >= 0.3 is 6.18 Å². The lowest BCUT2D eigenvalue weighted by Gasteiger charge is -2.28. The van der Waals surface area contributed by atoms with Crippen LogP contribution >= 0.6 is 0 Å². The molecule has 10 nitrogen and oxygen atoms in total. The summed E-state index contributed by atoms with van der Waals surface area (Å²) in [5, 5.41) is 11.7. The van der Waals surface area contributed by atoms with E-state index in [-0.39, 0.29) is 41.0 Å². The van der Waals surface area contributed by atoms with Crippen molar-refractivity contribution >= 4 is 23.1 Å². The van der Waals surface area contributed by atoms with Gasteiger partial charge in [0.25, 0.3) is 5.91 Å². The molecule has 0 bridgehead atoms. The van der Waals surface area contributed by atoms with Crippen molar-refractivity contribution in [2.75, 3.05) is 31.2 Å². The lowest BCUT2D eigenvalue weighted by atomic mass is 9.97. The number of hydrogen-bond donors (Lipinski definition) is 2. The number of likely N-dealkylation sites (tertiary alicyclic amines) is 1. The molecule has 212 valence electrons. The molecular formula is C27H24F4N8O2. The molecular weight excluding hydrogens is 544 g/mol. The summed E-state index contributed by atoms with van der Waals surface area (Å²) in [6, 6.07) is 5.10. The first kappa shape index (κ1) is 27.8. The molecule has 3 N–H and O–H groups in total. The van der Waals surface area contributed by atoms with E-state index in [1.54, 1.807) is 15.5 Å². The highest BCUT2D eigenvalue weighted by Crippen LogP contribution is 2.36. The van der Waals surface area contributed by atoms with Gasteiger partial charge in [0.1, 0.15) is 34.5 Å². The van der Waals surface area contributed by atoms with Crippen LogP contribution < -0.4 is 11.1 Å². The molecule has 41 heavy (non-hydrogen) atoms. The Morgan fingerprint density at radius 3 is 2.78 bits per heavy atom. The zero-order chi connectivity index (χ0) is 29.3. The fraction of sp³-hybridized carbons (Fsp3) is 0.296. The summed E-state index contributed by atoms with van der Waals surface area (Å²) in [7, 11) is 1.52. The van der Waals surface area contributed by atoms with Crippen molar-refractivity contribution in [1.29, 1.82) is 5.26 Å². The topological polar surface area (TPSA) is 134 Å². The maximum atomic E-state index is 15.6. The Morgan fingerprint density at radius 1 is 1.27 bits per heavy atom. The quantitative estimate of drug-likeness (QED) is 0.255. The van der Waals surface area contributed by atoms with Crippen molar-refractivity contribution < 1.29 is 27.1 Å². The maximum absolute atomic E-state index is 15.6. The van der Waals surface area contributed by atoms with Gasteiger partial charge in [-0.1, -0.05) is 0 Å². The molecule has 0 radical (unpaired) electrons. The fourth-order valence-corrected chi connectivity index (χ4v) is 4.93. The normalized spacial score (nSPS) is 15.6. The van der Waals surface area contributed by atoms with Crippen LogP contribution in [0.1, 0.15) is 46.2 Å². The molecule has 1 amide bonds. The third-order valence-corrected chi connectivity index (χ3v) is 6.82. The number of nitrogens with two attached hydrogens (primary N) is 1. The minimum atomic E-state index is -4.62. The van der Waals surface area contributed by atoms with E-state index in [0.29, 0.717) is 36.2 Å². The minimum absolute atomic E-state index is 0.0403. The third kappa shape index (κ3) is 5.48. The maximum Gasteiger partial charge on any atom is 0.416 e. The molecule has 1 aromatic carbocycles. The lowest BCUT2D eigenvalue weighted by Crippen LogP contribution is -2.31. The van der Waals surface area contributed by atoms with Crippen molar-refractivity contribution in [3.05, 3.63) is 71.2 Å². The first-order chi connectivity index (χ1) is 19.6. The van der Waals surface area contributed by atoms with E-state index in [2.05, 4.69) is 21.5 Å². The summed E-state index contributed by atoms with van der Waals surface area (Å²) in [4.78, 5) is 27.1. The summed E-state index contributed by atoms with van der Waals surface area (Å²) >= 11 is 0. The molecule has 1 aliphatic heterocycles. The number of piperidine rings is 1. The van der Waals surface area contributed by atoms with Gasteiger partial charge in [-0.15, -0.1) is 0 Å². The Labute approximate surface area is 231 Å². The van der Waals surface area contributed by atoms with Gasteiger partial charge < -0.3 is 20.7 Å². The number of carbonyl (C=O) groups is 1. The van der Waals surface area contributed by atoms with Gasteiger partial charge in [0, 0.05) is 43.4 Å². The largest absolute Gasteiger partial charge is 0.416 e. The average molecular weight is 569 g/mol. The summed E-state index contributed by atoms with van der Waals surface area (Å²) in [5.41, 5.74) is 6.36. The first-order valence-corrected chi connectivity index (χ1v) is 12.5. The van der Waals surface area contributed by atoms with Gasteiger partial charge in [-0.05, 0) is 43.2 Å². The van der Waals surface area contributed by atoms with Crippen molar-refractivity contribution in [1.82, 2.24) is 24.3 Å². The number of pyridine rings is 1. The van der Waals surface area contributed by atoms with Crippen LogP contribution in [0, 0.1) is 17.3 Å². The van der Waals surface area contributed by atoms with Crippen LogP contribution in [0.2, 0.25) is 0 Å². The number of carbonyl (C=O) groups excluding carboxylic acids is 1. The summed E-state index contributed by atoms with van der Waals surface area (Å²) < 4.78 is 61.8. The second-order valence-corrected chi connectivity index (χ2v) is 9.53. The number of alkyl halides is 3. The Kier molecular flexibility index (Phi) is 7.46. The Morgan fingerprint density at radius 2 is 2.07 bits per heavy atom. The van der Waals surface area contributed by atoms with Crippen LogP contribution in [0.25, 0.3) is 16.8 Å². The number of nitrogens with zero attached hydrogens (tertiary/aromatic N) is 6. The number of aromatic nitrogens is 4. The highest BCUT2D eigenvalue weighted by molar-refractivity contribution is 6.04. The van der Waals surface area contributed by atoms with Gasteiger partial charge in [0.15, 0.2) is 6.19 Å². The number of imidazole rings is 1. The van der Waals surface area contributed by atoms with E-state index >= 15 is 4.39 Å². The van der Waals surface area contributed by atoms with Crippen LogP contribution in [-0.4, -0.2) is 50.4 Å². The zero-order valence-electron chi connectivity index (χ0n) is 21.7. The standard InChI is InChI=1S/C27H24F4N8O2/c1-41-13-18-11-35-24(33)23-22(37-25(39(18)23)16-3-2-8-38(12-16)14-32)19-5-4-15(9-20(19)28)26(40)36-21-10-17(6-7-34-21)27(29,30)31/h4-7,9-11,16H,2-3,8,12-13H2,1H3,(H2,33,35)(H,34,36,40)/t16-/m1/s1. The number of methoxy groups -OCH3 is 1. The molecule has 0 spiro atoms. The molecule has 4 aromatic rings. The predicted octanol–water partition coefficient (Wildman–Crippen LogP) is 4.59. The van der Waals surface area contributed by atoms with Crippen LogP contribution in [0.15, 0.2) is 42.7 Å². The number of amides is 1. The van der Waals surface area contributed by atoms with Gasteiger partial charge in [-0.2, -0.15) is 18.4 Å². The van der Waals surface area contributed by atoms with Crippen molar-refractivity contribution in [3.8, 4) is 17.5 Å². The number of halogens is 4. The minimum Gasteiger partial charge on any atom is -0.382 e. The SMILES string of the molecule is COCc1cnc(N)c2c(-c3ccc(C(=O)Nc4cc(C(F)(F)F)ccn4)cc3F)nc([C@@H]3CCCN(C#N)C3)n12. The van der Waals surface area contributed by atoms with Gasteiger partial charge in [0.05, 0.1) is 24.1 Å². The highest BCUT2D eigenvalue weighted by atomic mass is 19.4. The Balaban J connectivity index is 1.54. The Bertz CT molecular complexity index is 1660. The summed E-state index contributed by atoms with van der Waals surface area (Å²) in [6.45, 7) is 1.23. The number of rotatable bonds is 6. The van der Waals surface area contributed by atoms with Gasteiger partial charge in [-0.3, -0.25) is 9.20 Å². The molecule has 14 heteroatoms. The third-order valence-electron chi connectivity index (χ3n) is 6.82. The molecule has 1 saturated heterocycles. The number of ether oxygens (including phenoxy) is 1. The van der Waals surface area contributed by atoms with E-state index in [4.69, 9.17) is 15.5 Å². The van der Waals surface area contributed by atoms with E-state index in [1.807, 2.05) is 0 Å². The molecule has 0 saturated carbocycles. The average Bonchev–Trinajstić information content (AvgIpc) is 3.36. The second-order valence-electron chi connectivity index (χ2n) is 9.53. The van der Waals surface area contributed by atoms with Crippen LogP contribution in [0.3, 0.4) is 0 Å². The molecule has 1 fully saturated rings. The van der Waals surface area contributed by atoms with Crippen molar-refractivity contribution in [3.63, 3.8) is 0 Å². The molecule has 0 aliphatic carbocycles. The number of fused-ring (bicyclic) bond motifs is 1. The molecule has 4 heterocycles.